The fourth-order valence-corrected chi connectivity index (χ4v) is 4.73. The Balaban J connectivity index is 1.31. The Labute approximate surface area is 197 Å². The number of aromatic nitrogens is 3. The zero-order valence-corrected chi connectivity index (χ0v) is 19.6. The SMILES string of the molecule is CCn1c2c3c(cc(CN4CCN(c5ccc(C(=O)NC)nc5C)CC4)cc3nc1=O)NC=N2. The second-order valence-corrected chi connectivity index (χ2v) is 8.55. The van der Waals surface area contributed by atoms with Crippen LogP contribution >= 0.6 is 0 Å². The van der Waals surface area contributed by atoms with E-state index in [2.05, 4.69) is 41.5 Å². The maximum atomic E-state index is 12.5. The Kier molecular flexibility index (Phi) is 5.74. The number of nitrogens with zero attached hydrogens (tertiary/aromatic N) is 6. The molecule has 5 rings (SSSR count). The van der Waals surface area contributed by atoms with Gasteiger partial charge in [0, 0.05) is 46.3 Å². The molecule has 1 fully saturated rings. The van der Waals surface area contributed by atoms with Crippen molar-refractivity contribution in [3.8, 4) is 0 Å². The van der Waals surface area contributed by atoms with Crippen molar-refractivity contribution < 1.29 is 4.79 Å². The number of carbonyl (C=O) groups excluding carboxylic acids is 1. The average Bonchev–Trinajstić information content (AvgIpc) is 2.84. The number of nitrogens with one attached hydrogen (secondary N) is 2. The Hall–Kier alpha value is -3.79. The highest BCUT2D eigenvalue weighted by molar-refractivity contribution is 6.06. The minimum absolute atomic E-state index is 0.176. The Morgan fingerprint density at radius 1 is 1.15 bits per heavy atom. The summed E-state index contributed by atoms with van der Waals surface area (Å²) in [5.41, 5.74) is 4.81. The van der Waals surface area contributed by atoms with Crippen molar-refractivity contribution in [1.82, 2.24) is 24.8 Å². The summed E-state index contributed by atoms with van der Waals surface area (Å²) in [6.45, 7) is 8.71. The maximum absolute atomic E-state index is 12.5. The van der Waals surface area contributed by atoms with E-state index in [1.807, 2.05) is 26.0 Å². The minimum Gasteiger partial charge on any atom is -0.368 e. The van der Waals surface area contributed by atoms with E-state index in [-0.39, 0.29) is 11.6 Å². The van der Waals surface area contributed by atoms with Crippen LogP contribution in [-0.4, -0.2) is 64.9 Å². The van der Waals surface area contributed by atoms with Crippen LogP contribution in [0.2, 0.25) is 0 Å². The highest BCUT2D eigenvalue weighted by atomic mass is 16.2. The third-order valence-electron chi connectivity index (χ3n) is 6.46. The lowest BCUT2D eigenvalue weighted by molar-refractivity contribution is 0.0958. The molecule has 0 atom stereocenters. The lowest BCUT2D eigenvalue weighted by atomic mass is 10.1. The van der Waals surface area contributed by atoms with E-state index in [1.165, 1.54) is 0 Å². The van der Waals surface area contributed by atoms with E-state index in [4.69, 9.17) is 0 Å². The molecule has 10 nitrogen and oxygen atoms in total. The third-order valence-corrected chi connectivity index (χ3v) is 6.46. The van der Waals surface area contributed by atoms with Crippen LogP contribution in [0.5, 0.6) is 0 Å². The second kappa shape index (κ2) is 8.86. The van der Waals surface area contributed by atoms with Crippen LogP contribution < -0.4 is 21.2 Å². The van der Waals surface area contributed by atoms with Crippen LogP contribution in [0, 0.1) is 6.92 Å². The number of amides is 1. The van der Waals surface area contributed by atoms with Crippen molar-refractivity contribution in [1.29, 1.82) is 0 Å². The van der Waals surface area contributed by atoms with E-state index in [0.717, 1.165) is 60.7 Å². The predicted molar refractivity (Wildman–Crippen MR) is 133 cm³/mol. The first-order valence-corrected chi connectivity index (χ1v) is 11.5. The number of pyridine rings is 1. The normalized spacial score (nSPS) is 15.4. The molecule has 0 bridgehead atoms. The first kappa shape index (κ1) is 22.0. The van der Waals surface area contributed by atoms with Crippen LogP contribution in [0.15, 0.2) is 34.1 Å². The van der Waals surface area contributed by atoms with Gasteiger partial charge in [0.15, 0.2) is 0 Å². The van der Waals surface area contributed by atoms with Crippen LogP contribution in [0.4, 0.5) is 17.2 Å². The molecule has 0 saturated carbocycles. The highest BCUT2D eigenvalue weighted by Gasteiger charge is 2.22. The lowest BCUT2D eigenvalue weighted by Gasteiger charge is -2.36. The summed E-state index contributed by atoms with van der Waals surface area (Å²) in [7, 11) is 1.61. The fourth-order valence-electron chi connectivity index (χ4n) is 4.73. The first-order chi connectivity index (χ1) is 16.5. The van der Waals surface area contributed by atoms with E-state index in [9.17, 15) is 9.59 Å². The van der Waals surface area contributed by atoms with Gasteiger partial charge in [0.1, 0.15) is 11.5 Å². The third kappa shape index (κ3) is 3.90. The number of carbonyl (C=O) groups is 1. The van der Waals surface area contributed by atoms with Gasteiger partial charge >= 0.3 is 5.69 Å². The maximum Gasteiger partial charge on any atom is 0.349 e. The van der Waals surface area contributed by atoms with Crippen molar-refractivity contribution in [3.05, 3.63) is 51.7 Å². The number of hydrogen-bond acceptors (Lipinski definition) is 8. The molecule has 176 valence electrons. The number of hydrogen-bond donors (Lipinski definition) is 2. The zero-order valence-electron chi connectivity index (χ0n) is 19.6. The number of benzene rings is 1. The molecule has 2 N–H and O–H groups in total. The first-order valence-electron chi connectivity index (χ1n) is 11.5. The largest absolute Gasteiger partial charge is 0.368 e. The number of aliphatic imine (C=N–C) groups is 1. The lowest BCUT2D eigenvalue weighted by Crippen LogP contribution is -2.46. The van der Waals surface area contributed by atoms with Crippen molar-refractivity contribution >= 4 is 40.3 Å². The van der Waals surface area contributed by atoms with Gasteiger partial charge in [-0.1, -0.05) is 0 Å². The Morgan fingerprint density at radius 2 is 1.94 bits per heavy atom. The monoisotopic (exact) mass is 460 g/mol. The number of piperazine rings is 1. The van der Waals surface area contributed by atoms with Crippen molar-refractivity contribution in [2.24, 2.45) is 4.99 Å². The van der Waals surface area contributed by atoms with Gasteiger partial charge in [0.05, 0.1) is 34.3 Å². The number of aryl methyl sites for hydroxylation is 1. The number of rotatable bonds is 5. The Morgan fingerprint density at radius 3 is 2.65 bits per heavy atom. The zero-order chi connectivity index (χ0) is 23.8. The molecule has 4 heterocycles. The molecule has 2 aromatic heterocycles. The molecule has 0 spiro atoms. The van der Waals surface area contributed by atoms with Crippen LogP contribution in [-0.2, 0) is 13.1 Å². The van der Waals surface area contributed by atoms with Gasteiger partial charge in [-0.25, -0.2) is 14.8 Å². The van der Waals surface area contributed by atoms with Gasteiger partial charge in [-0.05, 0) is 43.7 Å². The summed E-state index contributed by atoms with van der Waals surface area (Å²) < 4.78 is 1.60. The fraction of sp³-hybridized carbons (Fsp3) is 0.375. The van der Waals surface area contributed by atoms with Crippen molar-refractivity contribution in [3.63, 3.8) is 0 Å². The summed E-state index contributed by atoms with van der Waals surface area (Å²) >= 11 is 0. The molecule has 0 radical (unpaired) electrons. The molecular formula is C24H28N8O2. The predicted octanol–water partition coefficient (Wildman–Crippen LogP) is 1.89. The van der Waals surface area contributed by atoms with Gasteiger partial charge in [-0.3, -0.25) is 14.3 Å². The molecule has 0 aliphatic carbocycles. The van der Waals surface area contributed by atoms with E-state index in [1.54, 1.807) is 24.0 Å². The van der Waals surface area contributed by atoms with Crippen molar-refractivity contribution in [2.75, 3.05) is 43.4 Å². The summed E-state index contributed by atoms with van der Waals surface area (Å²) in [4.78, 5) is 42.2. The van der Waals surface area contributed by atoms with E-state index < -0.39 is 0 Å². The molecule has 10 heteroatoms. The number of anilines is 2. The summed E-state index contributed by atoms with van der Waals surface area (Å²) in [6, 6.07) is 7.89. The van der Waals surface area contributed by atoms with Gasteiger partial charge in [-0.2, -0.15) is 4.98 Å². The summed E-state index contributed by atoms with van der Waals surface area (Å²) in [6.07, 6.45) is 1.64. The molecule has 2 aliphatic heterocycles. The van der Waals surface area contributed by atoms with E-state index >= 15 is 0 Å². The molecule has 1 aromatic carbocycles. The molecule has 0 unspecified atom stereocenters. The molecule has 1 saturated heterocycles. The smallest absolute Gasteiger partial charge is 0.349 e. The van der Waals surface area contributed by atoms with Gasteiger partial charge < -0.3 is 15.5 Å². The van der Waals surface area contributed by atoms with Crippen LogP contribution in [0.3, 0.4) is 0 Å². The quantitative estimate of drug-likeness (QED) is 0.599. The molecular weight excluding hydrogens is 432 g/mol. The summed E-state index contributed by atoms with van der Waals surface area (Å²) in [5, 5.41) is 6.72. The van der Waals surface area contributed by atoms with Gasteiger partial charge in [-0.15, -0.1) is 0 Å². The topological polar surface area (TPSA) is 108 Å². The molecule has 1 amide bonds. The van der Waals surface area contributed by atoms with Crippen LogP contribution in [0.1, 0.15) is 28.7 Å². The Bertz CT molecular complexity index is 1360. The van der Waals surface area contributed by atoms with E-state index in [0.29, 0.717) is 23.6 Å². The van der Waals surface area contributed by atoms with Crippen molar-refractivity contribution in [2.45, 2.75) is 26.9 Å². The highest BCUT2D eigenvalue weighted by Crippen LogP contribution is 2.34. The molecule has 34 heavy (non-hydrogen) atoms. The second-order valence-electron chi connectivity index (χ2n) is 8.55. The van der Waals surface area contributed by atoms with Crippen LogP contribution in [0.25, 0.3) is 10.9 Å². The standard InChI is InChI=1S/C24H28N8O2/c1-4-32-22-21-18(26-14-27-22)11-16(12-19(21)29-24(32)34)13-30-7-9-31(10-8-30)20-6-5-17(23(33)25-3)28-15(20)2/h5-6,11-12,14H,4,7-10,13H2,1-3H3,(H,25,33)(H,26,27). The minimum atomic E-state index is -0.271. The summed E-state index contributed by atoms with van der Waals surface area (Å²) in [5.74, 6) is 0.489. The average molecular weight is 461 g/mol. The van der Waals surface area contributed by atoms with Gasteiger partial charge in [0.25, 0.3) is 5.91 Å². The molecule has 3 aromatic rings. The van der Waals surface area contributed by atoms with Gasteiger partial charge in [0.2, 0.25) is 0 Å². The molecule has 2 aliphatic rings.